The van der Waals surface area contributed by atoms with Crippen molar-refractivity contribution in [1.29, 1.82) is 0 Å². The van der Waals surface area contributed by atoms with Crippen molar-refractivity contribution in [2.24, 2.45) is 0 Å². The summed E-state index contributed by atoms with van der Waals surface area (Å²) < 4.78 is 0. The fourth-order valence-electron chi connectivity index (χ4n) is 1.19. The molecule has 78 valence electrons. The van der Waals surface area contributed by atoms with Crippen LogP contribution in [0.4, 0.5) is 0 Å². The zero-order chi connectivity index (χ0) is 10.3. The van der Waals surface area contributed by atoms with E-state index in [4.69, 9.17) is 0 Å². The Morgan fingerprint density at radius 2 is 1.77 bits per heavy atom. The molecule has 1 N–H and O–H groups in total. The molecule has 13 heavy (non-hydrogen) atoms. The van der Waals surface area contributed by atoms with Crippen molar-refractivity contribution in [3.63, 3.8) is 0 Å². The average Bonchev–Trinajstić information content (AvgIpc) is 1.94. The van der Waals surface area contributed by atoms with Gasteiger partial charge in [0.1, 0.15) is 8.24 Å². The molecule has 0 saturated carbocycles. The van der Waals surface area contributed by atoms with Crippen molar-refractivity contribution in [3.05, 3.63) is 0 Å². The molecule has 0 unspecified atom stereocenters. The lowest BCUT2D eigenvalue weighted by Crippen LogP contribution is -2.45. The Bertz CT molecular complexity index is 151. The number of nitrogens with one attached hydrogen (secondary N) is 1. The second kappa shape index (κ2) is 6.19. The van der Waals surface area contributed by atoms with Crippen LogP contribution in [0.5, 0.6) is 0 Å². The summed E-state index contributed by atoms with van der Waals surface area (Å²) in [5.74, 6) is 0.246. The van der Waals surface area contributed by atoms with Gasteiger partial charge in [-0.05, 0) is 6.42 Å². The monoisotopic (exact) mass is 201 g/mol. The molecule has 0 spiro atoms. The standard InChI is InChI=1S/C10H23NOSi/c1-5-6-7-8-9-10(12)11-13(2,3)4/h5-9H2,1-4H3,(H,11,12). The number of carbonyl (C=O) groups is 1. The van der Waals surface area contributed by atoms with E-state index >= 15 is 0 Å². The summed E-state index contributed by atoms with van der Waals surface area (Å²) >= 11 is 0. The minimum Gasteiger partial charge on any atom is -0.382 e. The van der Waals surface area contributed by atoms with Crippen LogP contribution >= 0.6 is 0 Å². The van der Waals surface area contributed by atoms with E-state index in [0.717, 1.165) is 6.42 Å². The Morgan fingerprint density at radius 1 is 1.15 bits per heavy atom. The molecule has 0 saturated heterocycles. The van der Waals surface area contributed by atoms with Crippen LogP contribution in [0.2, 0.25) is 19.6 Å². The highest BCUT2D eigenvalue weighted by Crippen LogP contribution is 2.03. The fraction of sp³-hybridized carbons (Fsp3) is 0.900. The lowest BCUT2D eigenvalue weighted by atomic mass is 10.1. The first kappa shape index (κ1) is 12.7. The van der Waals surface area contributed by atoms with Crippen LogP contribution in [0.1, 0.15) is 39.0 Å². The van der Waals surface area contributed by atoms with E-state index < -0.39 is 8.24 Å². The molecule has 0 atom stereocenters. The molecule has 0 fully saturated rings. The first-order valence-corrected chi connectivity index (χ1v) is 8.76. The summed E-state index contributed by atoms with van der Waals surface area (Å²) in [6.07, 6.45) is 5.43. The van der Waals surface area contributed by atoms with Crippen LogP contribution in [0.3, 0.4) is 0 Å². The summed E-state index contributed by atoms with van der Waals surface area (Å²) in [6.45, 7) is 8.63. The van der Waals surface area contributed by atoms with E-state index in [-0.39, 0.29) is 5.91 Å². The minimum atomic E-state index is -1.39. The van der Waals surface area contributed by atoms with Gasteiger partial charge in [-0.2, -0.15) is 0 Å². The second-order valence-corrected chi connectivity index (χ2v) is 9.36. The van der Waals surface area contributed by atoms with Crippen LogP contribution < -0.4 is 4.98 Å². The van der Waals surface area contributed by atoms with Gasteiger partial charge in [-0.3, -0.25) is 4.79 Å². The fourth-order valence-corrected chi connectivity index (χ4v) is 2.15. The molecule has 0 radical (unpaired) electrons. The molecule has 0 aromatic rings. The zero-order valence-corrected chi connectivity index (χ0v) is 10.4. The van der Waals surface area contributed by atoms with Gasteiger partial charge in [0.15, 0.2) is 0 Å². The van der Waals surface area contributed by atoms with Gasteiger partial charge >= 0.3 is 0 Å². The molecular formula is C10H23NOSi. The highest BCUT2D eigenvalue weighted by molar-refractivity contribution is 6.75. The summed E-state index contributed by atoms with van der Waals surface area (Å²) in [5.41, 5.74) is 0. The van der Waals surface area contributed by atoms with E-state index in [9.17, 15) is 4.79 Å². The van der Waals surface area contributed by atoms with Crippen LogP contribution in [0.25, 0.3) is 0 Å². The van der Waals surface area contributed by atoms with Crippen molar-refractivity contribution < 1.29 is 4.79 Å². The van der Waals surface area contributed by atoms with Gasteiger partial charge in [0.05, 0.1) is 0 Å². The normalized spacial score (nSPS) is 11.4. The van der Waals surface area contributed by atoms with Crippen LogP contribution in [-0.2, 0) is 4.79 Å². The van der Waals surface area contributed by atoms with E-state index in [2.05, 4.69) is 31.5 Å². The minimum absolute atomic E-state index is 0.246. The molecule has 1 amide bonds. The summed E-state index contributed by atoms with van der Waals surface area (Å²) in [6, 6.07) is 0. The van der Waals surface area contributed by atoms with E-state index in [1.54, 1.807) is 0 Å². The van der Waals surface area contributed by atoms with E-state index in [0.29, 0.717) is 6.42 Å². The van der Waals surface area contributed by atoms with Crippen molar-refractivity contribution in [1.82, 2.24) is 4.98 Å². The van der Waals surface area contributed by atoms with Crippen LogP contribution in [-0.4, -0.2) is 14.1 Å². The van der Waals surface area contributed by atoms with Crippen molar-refractivity contribution in [3.8, 4) is 0 Å². The number of carbonyl (C=O) groups excluding carboxylic acids is 1. The van der Waals surface area contributed by atoms with Gasteiger partial charge < -0.3 is 4.98 Å². The maximum Gasteiger partial charge on any atom is 0.212 e. The molecule has 0 rings (SSSR count). The average molecular weight is 201 g/mol. The van der Waals surface area contributed by atoms with Gasteiger partial charge in [-0.25, -0.2) is 0 Å². The van der Waals surface area contributed by atoms with Crippen molar-refractivity contribution in [2.75, 3.05) is 0 Å². The van der Waals surface area contributed by atoms with Gasteiger partial charge in [0, 0.05) is 6.42 Å². The predicted molar refractivity (Wildman–Crippen MR) is 60.2 cm³/mol. The molecule has 3 heteroatoms. The molecule has 2 nitrogen and oxygen atoms in total. The van der Waals surface area contributed by atoms with Gasteiger partial charge in [-0.15, -0.1) is 0 Å². The largest absolute Gasteiger partial charge is 0.382 e. The van der Waals surface area contributed by atoms with Crippen molar-refractivity contribution in [2.45, 2.75) is 58.7 Å². The molecule has 0 aliphatic rings. The Morgan fingerprint density at radius 3 is 2.23 bits per heavy atom. The summed E-state index contributed by atoms with van der Waals surface area (Å²) in [7, 11) is -1.39. The molecule has 0 heterocycles. The molecular weight excluding hydrogens is 178 g/mol. The molecule has 0 aromatic heterocycles. The molecule has 0 aliphatic heterocycles. The summed E-state index contributed by atoms with van der Waals surface area (Å²) in [5, 5.41) is 0. The number of unbranched alkanes of at least 4 members (excludes halogenated alkanes) is 3. The smallest absolute Gasteiger partial charge is 0.212 e. The quantitative estimate of drug-likeness (QED) is 0.519. The lowest BCUT2D eigenvalue weighted by Gasteiger charge is -2.17. The van der Waals surface area contributed by atoms with Gasteiger partial charge in [0.25, 0.3) is 0 Å². The Hall–Kier alpha value is -0.313. The molecule has 0 aromatic carbocycles. The van der Waals surface area contributed by atoms with E-state index in [1.807, 2.05) is 0 Å². The second-order valence-electron chi connectivity index (χ2n) is 4.61. The number of rotatable bonds is 6. The number of hydrogen-bond donors (Lipinski definition) is 1. The third-order valence-electron chi connectivity index (χ3n) is 1.77. The van der Waals surface area contributed by atoms with Gasteiger partial charge in [-0.1, -0.05) is 45.8 Å². The highest BCUT2D eigenvalue weighted by Gasteiger charge is 2.15. The molecule has 0 bridgehead atoms. The van der Waals surface area contributed by atoms with E-state index in [1.165, 1.54) is 19.3 Å². The third-order valence-corrected chi connectivity index (χ3v) is 2.80. The van der Waals surface area contributed by atoms with Crippen LogP contribution in [0, 0.1) is 0 Å². The lowest BCUT2D eigenvalue weighted by molar-refractivity contribution is -0.119. The number of amides is 1. The Labute approximate surface area is 83.2 Å². The van der Waals surface area contributed by atoms with Gasteiger partial charge in [0.2, 0.25) is 5.91 Å². The first-order valence-electron chi connectivity index (χ1n) is 5.26. The maximum atomic E-state index is 11.3. The Kier molecular flexibility index (Phi) is 6.04. The molecule has 0 aliphatic carbocycles. The zero-order valence-electron chi connectivity index (χ0n) is 9.44. The van der Waals surface area contributed by atoms with Crippen molar-refractivity contribution >= 4 is 14.1 Å². The predicted octanol–water partition coefficient (Wildman–Crippen LogP) is 2.91. The topological polar surface area (TPSA) is 29.1 Å². The maximum absolute atomic E-state index is 11.3. The number of hydrogen-bond acceptors (Lipinski definition) is 1. The SMILES string of the molecule is CCCCCCC(=O)N[Si](C)(C)C. The first-order chi connectivity index (χ1) is 5.95. The Balaban J connectivity index is 3.41. The highest BCUT2D eigenvalue weighted by atomic mass is 28.3. The van der Waals surface area contributed by atoms with Crippen LogP contribution in [0.15, 0.2) is 0 Å². The third kappa shape index (κ3) is 9.60. The summed E-state index contributed by atoms with van der Waals surface area (Å²) in [4.78, 5) is 14.4.